The normalized spacial score (nSPS) is 11.4. The fourth-order valence-corrected chi connectivity index (χ4v) is 2.45. The van der Waals surface area contributed by atoms with Gasteiger partial charge in [0.2, 0.25) is 0 Å². The lowest BCUT2D eigenvalue weighted by molar-refractivity contribution is -0.133. The Morgan fingerprint density at radius 1 is 1.04 bits per heavy atom. The van der Waals surface area contributed by atoms with E-state index in [0.717, 1.165) is 21.2 Å². The van der Waals surface area contributed by atoms with Crippen LogP contribution in [0.2, 0.25) is 0 Å². The molecule has 144 valence electrons. The van der Waals surface area contributed by atoms with Gasteiger partial charge in [0.25, 0.3) is 11.8 Å². The predicted octanol–water partition coefficient (Wildman–Crippen LogP) is 3.37. The highest BCUT2D eigenvalue weighted by atomic mass is 79.9. The average molecular weight is 435 g/mol. The Hall–Kier alpha value is -2.54. The first-order valence-electron chi connectivity index (χ1n) is 8.48. The van der Waals surface area contributed by atoms with Crippen molar-refractivity contribution in [1.82, 2.24) is 10.9 Å². The molecule has 0 fully saturated rings. The number of nitrogens with one attached hydrogen (secondary N) is 2. The van der Waals surface area contributed by atoms with E-state index >= 15 is 0 Å². The zero-order valence-corrected chi connectivity index (χ0v) is 17.3. The Morgan fingerprint density at radius 3 is 2.48 bits per heavy atom. The summed E-state index contributed by atoms with van der Waals surface area (Å²) in [5, 5.41) is 0. The van der Waals surface area contributed by atoms with E-state index in [-0.39, 0.29) is 6.61 Å². The zero-order valence-electron chi connectivity index (χ0n) is 15.8. The zero-order chi connectivity index (χ0) is 20.0. The number of aryl methyl sites for hydroxylation is 3. The molecule has 2 aromatic rings. The van der Waals surface area contributed by atoms with Gasteiger partial charge in [0.1, 0.15) is 11.5 Å². The van der Waals surface area contributed by atoms with Crippen LogP contribution in [-0.4, -0.2) is 24.5 Å². The number of carbonyl (C=O) groups is 2. The Kier molecular flexibility index (Phi) is 7.24. The summed E-state index contributed by atoms with van der Waals surface area (Å²) in [4.78, 5) is 24.0. The van der Waals surface area contributed by atoms with Crippen LogP contribution in [0.3, 0.4) is 0 Å². The van der Waals surface area contributed by atoms with Gasteiger partial charge in [-0.2, -0.15) is 0 Å². The van der Waals surface area contributed by atoms with Gasteiger partial charge in [-0.3, -0.25) is 20.4 Å². The molecule has 0 aliphatic carbocycles. The van der Waals surface area contributed by atoms with Gasteiger partial charge in [-0.05, 0) is 68.7 Å². The molecule has 0 spiro atoms. The van der Waals surface area contributed by atoms with E-state index in [1.54, 1.807) is 13.0 Å². The lowest BCUT2D eigenvalue weighted by atomic mass is 10.1. The standard InChI is InChI=1S/C20H23BrN2O4/c1-12-5-6-13(2)18(9-12)27-15(4)20(25)23-22-19(24)11-26-16-7-8-17(21)14(3)10-16/h5-10,15H,11H2,1-4H3,(H,22,24)(H,23,25). The molecule has 2 amide bonds. The third-order valence-corrected chi connectivity index (χ3v) is 4.73. The summed E-state index contributed by atoms with van der Waals surface area (Å²) in [7, 11) is 0. The molecular formula is C20H23BrN2O4. The van der Waals surface area contributed by atoms with E-state index in [0.29, 0.717) is 11.5 Å². The van der Waals surface area contributed by atoms with Gasteiger partial charge in [0.05, 0.1) is 0 Å². The van der Waals surface area contributed by atoms with E-state index in [1.807, 2.05) is 51.1 Å². The number of amides is 2. The largest absolute Gasteiger partial charge is 0.484 e. The van der Waals surface area contributed by atoms with Crippen LogP contribution in [0, 0.1) is 20.8 Å². The Labute approximate surface area is 167 Å². The number of rotatable bonds is 6. The maximum atomic E-state index is 12.1. The first-order valence-corrected chi connectivity index (χ1v) is 9.27. The monoisotopic (exact) mass is 434 g/mol. The van der Waals surface area contributed by atoms with Gasteiger partial charge in [0.15, 0.2) is 12.7 Å². The molecule has 0 saturated heterocycles. The summed E-state index contributed by atoms with van der Waals surface area (Å²) in [6.45, 7) is 7.18. The van der Waals surface area contributed by atoms with Crippen LogP contribution in [0.15, 0.2) is 40.9 Å². The van der Waals surface area contributed by atoms with E-state index in [1.165, 1.54) is 0 Å². The highest BCUT2D eigenvalue weighted by Crippen LogP contribution is 2.22. The number of hydrogen-bond donors (Lipinski definition) is 2. The predicted molar refractivity (Wildman–Crippen MR) is 107 cm³/mol. The Bertz CT molecular complexity index is 839. The molecule has 0 aliphatic rings. The fraction of sp³-hybridized carbons (Fsp3) is 0.300. The van der Waals surface area contributed by atoms with E-state index < -0.39 is 17.9 Å². The summed E-state index contributed by atoms with van der Waals surface area (Å²) in [5.74, 6) is 0.285. The third-order valence-electron chi connectivity index (χ3n) is 3.84. The number of hydrogen-bond acceptors (Lipinski definition) is 4. The minimum absolute atomic E-state index is 0.215. The first kappa shape index (κ1) is 20.8. The second-order valence-electron chi connectivity index (χ2n) is 6.27. The maximum absolute atomic E-state index is 12.1. The average Bonchev–Trinajstić information content (AvgIpc) is 2.63. The lowest BCUT2D eigenvalue weighted by Crippen LogP contribution is -2.48. The third kappa shape index (κ3) is 6.29. The summed E-state index contributed by atoms with van der Waals surface area (Å²) in [6, 6.07) is 11.2. The fourth-order valence-electron chi connectivity index (χ4n) is 2.20. The van der Waals surface area contributed by atoms with Gasteiger partial charge in [0, 0.05) is 4.47 Å². The van der Waals surface area contributed by atoms with Gasteiger partial charge in [-0.25, -0.2) is 0 Å². The number of halogens is 1. The van der Waals surface area contributed by atoms with Crippen molar-refractivity contribution in [3.63, 3.8) is 0 Å². The van der Waals surface area contributed by atoms with Crippen molar-refractivity contribution in [1.29, 1.82) is 0 Å². The van der Waals surface area contributed by atoms with Crippen molar-refractivity contribution in [2.24, 2.45) is 0 Å². The van der Waals surface area contributed by atoms with Crippen molar-refractivity contribution in [2.45, 2.75) is 33.8 Å². The topological polar surface area (TPSA) is 76.7 Å². The van der Waals surface area contributed by atoms with Crippen molar-refractivity contribution in [2.75, 3.05) is 6.61 Å². The molecule has 2 rings (SSSR count). The van der Waals surface area contributed by atoms with Crippen molar-refractivity contribution in [3.8, 4) is 11.5 Å². The van der Waals surface area contributed by atoms with Crippen LogP contribution in [0.5, 0.6) is 11.5 Å². The summed E-state index contributed by atoms with van der Waals surface area (Å²) in [5.41, 5.74) is 7.63. The molecule has 6 nitrogen and oxygen atoms in total. The number of carbonyl (C=O) groups excluding carboxylic acids is 2. The molecule has 0 heterocycles. The smallest absolute Gasteiger partial charge is 0.279 e. The van der Waals surface area contributed by atoms with Gasteiger partial charge < -0.3 is 9.47 Å². The molecule has 0 saturated carbocycles. The molecule has 2 aromatic carbocycles. The summed E-state index contributed by atoms with van der Waals surface area (Å²) in [6.07, 6.45) is -0.763. The number of hydrazine groups is 1. The minimum Gasteiger partial charge on any atom is -0.484 e. The molecule has 0 aliphatic heterocycles. The van der Waals surface area contributed by atoms with Gasteiger partial charge in [-0.1, -0.05) is 28.1 Å². The summed E-state index contributed by atoms with van der Waals surface area (Å²) < 4.78 is 12.0. The molecule has 2 N–H and O–H groups in total. The molecular weight excluding hydrogens is 412 g/mol. The number of ether oxygens (including phenoxy) is 2. The van der Waals surface area contributed by atoms with E-state index in [9.17, 15) is 9.59 Å². The second kappa shape index (κ2) is 9.41. The van der Waals surface area contributed by atoms with Crippen molar-refractivity contribution in [3.05, 3.63) is 57.6 Å². The quantitative estimate of drug-likeness (QED) is 0.683. The molecule has 7 heteroatoms. The Morgan fingerprint density at radius 2 is 1.78 bits per heavy atom. The lowest BCUT2D eigenvalue weighted by Gasteiger charge is -2.17. The first-order chi connectivity index (χ1) is 12.8. The molecule has 0 aromatic heterocycles. The Balaban J connectivity index is 1.79. The minimum atomic E-state index is -0.763. The van der Waals surface area contributed by atoms with Crippen LogP contribution >= 0.6 is 15.9 Å². The van der Waals surface area contributed by atoms with E-state index in [2.05, 4.69) is 26.8 Å². The molecule has 0 bridgehead atoms. The van der Waals surface area contributed by atoms with Crippen LogP contribution in [0.4, 0.5) is 0 Å². The second-order valence-corrected chi connectivity index (χ2v) is 7.12. The van der Waals surface area contributed by atoms with Gasteiger partial charge in [-0.15, -0.1) is 0 Å². The van der Waals surface area contributed by atoms with Crippen LogP contribution in [-0.2, 0) is 9.59 Å². The van der Waals surface area contributed by atoms with Crippen LogP contribution in [0.25, 0.3) is 0 Å². The summed E-state index contributed by atoms with van der Waals surface area (Å²) >= 11 is 3.40. The van der Waals surface area contributed by atoms with E-state index in [4.69, 9.17) is 9.47 Å². The molecule has 1 unspecified atom stereocenters. The molecule has 27 heavy (non-hydrogen) atoms. The van der Waals surface area contributed by atoms with Crippen molar-refractivity contribution < 1.29 is 19.1 Å². The van der Waals surface area contributed by atoms with Crippen molar-refractivity contribution >= 4 is 27.7 Å². The van der Waals surface area contributed by atoms with Crippen LogP contribution < -0.4 is 20.3 Å². The highest BCUT2D eigenvalue weighted by molar-refractivity contribution is 9.10. The molecule has 0 radical (unpaired) electrons. The maximum Gasteiger partial charge on any atom is 0.279 e. The van der Waals surface area contributed by atoms with Crippen LogP contribution in [0.1, 0.15) is 23.6 Å². The molecule has 1 atom stereocenters. The SMILES string of the molecule is Cc1ccc(C)c(OC(C)C(=O)NNC(=O)COc2ccc(Br)c(C)c2)c1. The van der Waals surface area contributed by atoms with Gasteiger partial charge >= 0.3 is 0 Å². The highest BCUT2D eigenvalue weighted by Gasteiger charge is 2.16. The number of benzene rings is 2.